The van der Waals surface area contributed by atoms with E-state index in [2.05, 4.69) is 21.8 Å². The van der Waals surface area contributed by atoms with Crippen molar-refractivity contribution in [2.24, 2.45) is 0 Å². The average molecular weight is 302 g/mol. The number of aliphatic hydroxyl groups excluding tert-OH is 1. The molecule has 0 aliphatic carbocycles. The second-order valence-electron chi connectivity index (χ2n) is 4.46. The first-order valence-electron chi connectivity index (χ1n) is 6.48. The standard InChI is InChI=1S/C16H15FN2OS/c1-12-9-18-16(19-10-12)21-11-14-6-13(4-2-3-5-20)7-15(17)8-14/h6-10,20H,3,5,11H2,1H3. The molecule has 0 aliphatic rings. The zero-order valence-electron chi connectivity index (χ0n) is 11.6. The van der Waals surface area contributed by atoms with Gasteiger partial charge in [-0.3, -0.25) is 0 Å². The molecule has 1 N–H and O–H groups in total. The summed E-state index contributed by atoms with van der Waals surface area (Å²) in [5, 5.41) is 9.35. The fourth-order valence-corrected chi connectivity index (χ4v) is 2.35. The van der Waals surface area contributed by atoms with E-state index < -0.39 is 0 Å². The van der Waals surface area contributed by atoms with Crippen LogP contribution in [0.3, 0.4) is 0 Å². The number of aryl methyl sites for hydroxylation is 1. The smallest absolute Gasteiger partial charge is 0.187 e. The van der Waals surface area contributed by atoms with Gasteiger partial charge in [0.05, 0.1) is 6.61 Å². The van der Waals surface area contributed by atoms with Crippen LogP contribution in [0.2, 0.25) is 0 Å². The van der Waals surface area contributed by atoms with Crippen molar-refractivity contribution < 1.29 is 9.50 Å². The Bertz CT molecular complexity index is 662. The Hall–Kier alpha value is -1.90. The Morgan fingerprint density at radius 1 is 1.24 bits per heavy atom. The van der Waals surface area contributed by atoms with Gasteiger partial charge in [0.25, 0.3) is 0 Å². The van der Waals surface area contributed by atoms with E-state index in [0.717, 1.165) is 11.1 Å². The molecule has 108 valence electrons. The van der Waals surface area contributed by atoms with Crippen LogP contribution in [0, 0.1) is 24.6 Å². The van der Waals surface area contributed by atoms with Crippen molar-refractivity contribution in [3.8, 4) is 11.8 Å². The van der Waals surface area contributed by atoms with Gasteiger partial charge in [0, 0.05) is 30.1 Å². The van der Waals surface area contributed by atoms with Gasteiger partial charge in [0.2, 0.25) is 0 Å². The summed E-state index contributed by atoms with van der Waals surface area (Å²) < 4.78 is 13.6. The molecule has 1 aromatic heterocycles. The summed E-state index contributed by atoms with van der Waals surface area (Å²) in [6.07, 6.45) is 3.90. The molecular formula is C16H15FN2OS. The normalized spacial score (nSPS) is 10.0. The maximum atomic E-state index is 13.6. The van der Waals surface area contributed by atoms with Gasteiger partial charge in [-0.2, -0.15) is 0 Å². The lowest BCUT2D eigenvalue weighted by Gasteiger charge is -2.02. The molecule has 3 nitrogen and oxygen atoms in total. The number of aliphatic hydroxyl groups is 1. The van der Waals surface area contributed by atoms with E-state index in [-0.39, 0.29) is 12.4 Å². The topological polar surface area (TPSA) is 46.0 Å². The highest BCUT2D eigenvalue weighted by molar-refractivity contribution is 7.98. The Labute approximate surface area is 127 Å². The number of hydrogen-bond donors (Lipinski definition) is 1. The predicted molar refractivity (Wildman–Crippen MR) is 81.3 cm³/mol. The van der Waals surface area contributed by atoms with Gasteiger partial charge in [0.1, 0.15) is 5.82 Å². The fraction of sp³-hybridized carbons (Fsp3) is 0.250. The van der Waals surface area contributed by atoms with Crippen molar-refractivity contribution in [2.45, 2.75) is 24.3 Å². The molecule has 21 heavy (non-hydrogen) atoms. The predicted octanol–water partition coefficient (Wildman–Crippen LogP) is 2.95. The number of hydrogen-bond acceptors (Lipinski definition) is 4. The summed E-state index contributed by atoms with van der Waals surface area (Å²) in [4.78, 5) is 8.40. The minimum absolute atomic E-state index is 0.00971. The van der Waals surface area contributed by atoms with E-state index in [1.54, 1.807) is 12.4 Å². The molecule has 0 atom stereocenters. The molecule has 0 aliphatic heterocycles. The monoisotopic (exact) mass is 302 g/mol. The second kappa shape index (κ2) is 7.77. The first-order chi connectivity index (χ1) is 10.2. The van der Waals surface area contributed by atoms with Gasteiger partial charge in [-0.1, -0.05) is 23.6 Å². The van der Waals surface area contributed by atoms with Crippen molar-refractivity contribution in [1.82, 2.24) is 9.97 Å². The number of rotatable bonds is 4. The van der Waals surface area contributed by atoms with Crippen molar-refractivity contribution in [3.63, 3.8) is 0 Å². The maximum Gasteiger partial charge on any atom is 0.187 e. The highest BCUT2D eigenvalue weighted by Gasteiger charge is 2.02. The Morgan fingerprint density at radius 2 is 2.00 bits per heavy atom. The molecule has 0 unspecified atom stereocenters. The van der Waals surface area contributed by atoms with Crippen LogP contribution in [0.4, 0.5) is 4.39 Å². The van der Waals surface area contributed by atoms with Gasteiger partial charge in [-0.15, -0.1) is 0 Å². The third-order valence-electron chi connectivity index (χ3n) is 2.55. The zero-order valence-corrected chi connectivity index (χ0v) is 12.5. The van der Waals surface area contributed by atoms with Crippen LogP contribution in [0.5, 0.6) is 0 Å². The van der Waals surface area contributed by atoms with Gasteiger partial charge in [-0.25, -0.2) is 14.4 Å². The van der Waals surface area contributed by atoms with Crippen molar-refractivity contribution in [2.75, 3.05) is 6.61 Å². The molecule has 0 amide bonds. The summed E-state index contributed by atoms with van der Waals surface area (Å²) in [7, 11) is 0. The van der Waals surface area contributed by atoms with E-state index in [4.69, 9.17) is 5.11 Å². The van der Waals surface area contributed by atoms with Gasteiger partial charge in [-0.05, 0) is 36.2 Å². The SMILES string of the molecule is Cc1cnc(SCc2cc(F)cc(C#CCCO)c2)nc1. The lowest BCUT2D eigenvalue weighted by Crippen LogP contribution is -1.90. The number of aromatic nitrogens is 2. The van der Waals surface area contributed by atoms with E-state index in [1.807, 2.05) is 13.0 Å². The number of nitrogens with zero attached hydrogens (tertiary/aromatic N) is 2. The Balaban J connectivity index is 2.06. The molecular weight excluding hydrogens is 287 g/mol. The largest absolute Gasteiger partial charge is 0.395 e. The molecule has 1 heterocycles. The minimum atomic E-state index is -0.314. The molecule has 0 spiro atoms. The van der Waals surface area contributed by atoms with Crippen molar-refractivity contribution in [3.05, 3.63) is 53.1 Å². The molecule has 2 aromatic rings. The third-order valence-corrected chi connectivity index (χ3v) is 3.50. The fourth-order valence-electron chi connectivity index (χ4n) is 1.63. The minimum Gasteiger partial charge on any atom is -0.395 e. The summed E-state index contributed by atoms with van der Waals surface area (Å²) in [6.45, 7) is 1.94. The molecule has 0 saturated carbocycles. The zero-order chi connectivity index (χ0) is 15.1. The van der Waals surface area contributed by atoms with Crippen LogP contribution >= 0.6 is 11.8 Å². The Morgan fingerprint density at radius 3 is 2.71 bits per heavy atom. The van der Waals surface area contributed by atoms with E-state index in [9.17, 15) is 4.39 Å². The summed E-state index contributed by atoms with van der Waals surface area (Å²) in [5.74, 6) is 5.89. The molecule has 0 fully saturated rings. The molecule has 0 saturated heterocycles. The van der Waals surface area contributed by atoms with Gasteiger partial charge < -0.3 is 5.11 Å². The molecule has 5 heteroatoms. The van der Waals surface area contributed by atoms with Crippen molar-refractivity contribution in [1.29, 1.82) is 0 Å². The quantitative estimate of drug-likeness (QED) is 0.536. The highest BCUT2D eigenvalue weighted by Crippen LogP contribution is 2.20. The number of halogens is 1. The van der Waals surface area contributed by atoms with Crippen LogP contribution in [-0.4, -0.2) is 21.7 Å². The van der Waals surface area contributed by atoms with Gasteiger partial charge >= 0.3 is 0 Å². The van der Waals surface area contributed by atoms with Crippen LogP contribution in [0.1, 0.15) is 23.1 Å². The van der Waals surface area contributed by atoms with Crippen LogP contribution in [0.15, 0.2) is 35.7 Å². The summed E-state index contributed by atoms with van der Waals surface area (Å²) in [5.41, 5.74) is 2.45. The molecule has 0 radical (unpaired) electrons. The molecule has 0 bridgehead atoms. The summed E-state index contributed by atoms with van der Waals surface area (Å²) >= 11 is 1.45. The van der Waals surface area contributed by atoms with Crippen LogP contribution < -0.4 is 0 Å². The molecule has 2 rings (SSSR count). The maximum absolute atomic E-state index is 13.6. The molecule has 1 aromatic carbocycles. The first kappa shape index (κ1) is 15.5. The van der Waals surface area contributed by atoms with Crippen molar-refractivity contribution >= 4 is 11.8 Å². The van der Waals surface area contributed by atoms with Crippen LogP contribution in [0.25, 0.3) is 0 Å². The third kappa shape index (κ3) is 5.18. The lowest BCUT2D eigenvalue weighted by atomic mass is 10.1. The summed E-state index contributed by atoms with van der Waals surface area (Å²) in [6, 6.07) is 4.72. The first-order valence-corrected chi connectivity index (χ1v) is 7.46. The number of thioether (sulfide) groups is 1. The van der Waals surface area contributed by atoms with E-state index in [1.165, 1.54) is 23.9 Å². The number of benzene rings is 1. The van der Waals surface area contributed by atoms with E-state index >= 15 is 0 Å². The second-order valence-corrected chi connectivity index (χ2v) is 5.40. The van der Waals surface area contributed by atoms with Crippen LogP contribution in [-0.2, 0) is 5.75 Å². The lowest BCUT2D eigenvalue weighted by molar-refractivity contribution is 0.305. The van der Waals surface area contributed by atoms with E-state index in [0.29, 0.717) is 22.9 Å². The average Bonchev–Trinajstić information content (AvgIpc) is 2.46. The Kier molecular flexibility index (Phi) is 5.73. The van der Waals surface area contributed by atoms with Gasteiger partial charge in [0.15, 0.2) is 5.16 Å². The highest BCUT2D eigenvalue weighted by atomic mass is 32.2.